The summed E-state index contributed by atoms with van der Waals surface area (Å²) in [5.41, 5.74) is 2.49. The summed E-state index contributed by atoms with van der Waals surface area (Å²) in [4.78, 5) is 19.8. The second-order valence-corrected chi connectivity index (χ2v) is 5.55. The minimum Gasteiger partial charge on any atom is -0.307 e. The minimum absolute atomic E-state index is 0.154. The van der Waals surface area contributed by atoms with E-state index in [1.807, 2.05) is 0 Å². The van der Waals surface area contributed by atoms with Crippen LogP contribution in [0.5, 0.6) is 0 Å². The molecule has 0 fully saturated rings. The summed E-state index contributed by atoms with van der Waals surface area (Å²) >= 11 is 1.35. The first kappa shape index (κ1) is 14.3. The maximum Gasteiger partial charge on any atom is 0.277 e. The Morgan fingerprint density at radius 1 is 1.40 bits per heavy atom. The standard InChI is InChI=1S/C11H15N7OS/c1-6(2)3-9-17-18-11(20-9)15-10(19)7-4-13-5-8(14-7)16-12/h4-6H,3,12H2,1-2H3,(H,14,16)(H,15,18,19). The molecule has 0 aliphatic carbocycles. The summed E-state index contributed by atoms with van der Waals surface area (Å²) in [7, 11) is 0. The number of nitrogens with two attached hydrogens (primary N) is 1. The molecular weight excluding hydrogens is 278 g/mol. The number of nitrogens with one attached hydrogen (secondary N) is 2. The average molecular weight is 293 g/mol. The van der Waals surface area contributed by atoms with Crippen molar-refractivity contribution in [2.75, 3.05) is 10.7 Å². The molecule has 2 heterocycles. The number of amides is 1. The highest BCUT2D eigenvalue weighted by molar-refractivity contribution is 7.15. The van der Waals surface area contributed by atoms with Gasteiger partial charge in [0.1, 0.15) is 10.7 Å². The number of hydrogen-bond donors (Lipinski definition) is 3. The number of nitrogens with zero attached hydrogens (tertiary/aromatic N) is 4. The second-order valence-electron chi connectivity index (χ2n) is 4.49. The fraction of sp³-hybridized carbons (Fsp3) is 0.364. The maximum atomic E-state index is 12.0. The number of hydrogen-bond acceptors (Lipinski definition) is 8. The van der Waals surface area contributed by atoms with E-state index < -0.39 is 5.91 Å². The van der Waals surface area contributed by atoms with E-state index in [2.05, 4.69) is 44.8 Å². The predicted molar refractivity (Wildman–Crippen MR) is 76.2 cm³/mol. The smallest absolute Gasteiger partial charge is 0.277 e. The average Bonchev–Trinajstić information content (AvgIpc) is 2.85. The molecule has 0 unspecified atom stereocenters. The van der Waals surface area contributed by atoms with Crippen molar-refractivity contribution in [3.8, 4) is 0 Å². The summed E-state index contributed by atoms with van der Waals surface area (Å²) in [5.74, 6) is 5.62. The van der Waals surface area contributed by atoms with Crippen molar-refractivity contribution in [1.82, 2.24) is 20.2 Å². The summed E-state index contributed by atoms with van der Waals surface area (Å²) < 4.78 is 0. The van der Waals surface area contributed by atoms with Crippen LogP contribution in [0.2, 0.25) is 0 Å². The first-order valence-corrected chi connectivity index (χ1v) is 6.82. The first-order valence-electron chi connectivity index (χ1n) is 6.01. The predicted octanol–water partition coefficient (Wildman–Crippen LogP) is 1.06. The van der Waals surface area contributed by atoms with Crippen molar-refractivity contribution in [2.45, 2.75) is 20.3 Å². The Hall–Kier alpha value is -2.13. The Morgan fingerprint density at radius 2 is 2.20 bits per heavy atom. The summed E-state index contributed by atoms with van der Waals surface area (Å²) in [6.45, 7) is 4.20. The van der Waals surface area contributed by atoms with E-state index in [0.29, 0.717) is 16.9 Å². The third-order valence-corrected chi connectivity index (χ3v) is 3.15. The van der Waals surface area contributed by atoms with Gasteiger partial charge in [0.05, 0.1) is 12.4 Å². The Bertz CT molecular complexity index is 598. The second kappa shape index (κ2) is 6.35. The van der Waals surface area contributed by atoms with Crippen LogP contribution in [0.1, 0.15) is 29.3 Å². The third-order valence-electron chi connectivity index (χ3n) is 2.29. The number of nitrogen functional groups attached to an aromatic ring is 1. The van der Waals surface area contributed by atoms with E-state index in [1.54, 1.807) is 0 Å². The molecule has 0 aromatic carbocycles. The van der Waals surface area contributed by atoms with Crippen molar-refractivity contribution in [2.24, 2.45) is 11.8 Å². The lowest BCUT2D eigenvalue weighted by atomic mass is 10.1. The zero-order valence-electron chi connectivity index (χ0n) is 11.1. The monoisotopic (exact) mass is 293 g/mol. The first-order chi connectivity index (χ1) is 9.58. The van der Waals surface area contributed by atoms with Crippen molar-refractivity contribution >= 4 is 28.2 Å². The summed E-state index contributed by atoms with van der Waals surface area (Å²) in [6.07, 6.45) is 3.61. The van der Waals surface area contributed by atoms with Crippen LogP contribution >= 0.6 is 11.3 Å². The minimum atomic E-state index is -0.401. The molecule has 0 radical (unpaired) electrons. The Kier molecular flexibility index (Phi) is 4.53. The zero-order chi connectivity index (χ0) is 14.5. The van der Waals surface area contributed by atoms with Crippen molar-refractivity contribution in [3.63, 3.8) is 0 Å². The van der Waals surface area contributed by atoms with E-state index in [0.717, 1.165) is 11.4 Å². The van der Waals surface area contributed by atoms with Gasteiger partial charge in [-0.1, -0.05) is 25.2 Å². The molecule has 8 nitrogen and oxygen atoms in total. The zero-order valence-corrected chi connectivity index (χ0v) is 11.9. The SMILES string of the molecule is CC(C)Cc1nnc(NC(=O)c2cncc(NN)n2)s1. The van der Waals surface area contributed by atoms with Crippen LogP contribution in [0, 0.1) is 5.92 Å². The third kappa shape index (κ3) is 3.68. The van der Waals surface area contributed by atoms with Gasteiger partial charge in [0, 0.05) is 6.42 Å². The van der Waals surface area contributed by atoms with Crippen LogP contribution < -0.4 is 16.6 Å². The molecule has 1 amide bonds. The van der Waals surface area contributed by atoms with Crippen LogP contribution in [0.4, 0.5) is 10.9 Å². The van der Waals surface area contributed by atoms with Crippen LogP contribution in [0.25, 0.3) is 0 Å². The molecule has 2 aromatic heterocycles. The molecule has 0 spiro atoms. The molecule has 0 aliphatic heterocycles. The highest BCUT2D eigenvalue weighted by Gasteiger charge is 2.13. The van der Waals surface area contributed by atoms with Gasteiger partial charge in [-0.25, -0.2) is 10.8 Å². The van der Waals surface area contributed by atoms with Gasteiger partial charge in [-0.2, -0.15) is 0 Å². The lowest BCUT2D eigenvalue weighted by molar-refractivity contribution is 0.102. The normalized spacial score (nSPS) is 10.6. The van der Waals surface area contributed by atoms with Gasteiger partial charge in [-0.15, -0.1) is 10.2 Å². The quantitative estimate of drug-likeness (QED) is 0.557. The molecule has 2 rings (SSSR count). The van der Waals surface area contributed by atoms with Gasteiger partial charge < -0.3 is 5.43 Å². The number of hydrazine groups is 1. The number of carbonyl (C=O) groups excluding carboxylic acids is 1. The van der Waals surface area contributed by atoms with Crippen molar-refractivity contribution in [3.05, 3.63) is 23.1 Å². The van der Waals surface area contributed by atoms with E-state index in [1.165, 1.54) is 23.7 Å². The number of carbonyl (C=O) groups is 1. The lowest BCUT2D eigenvalue weighted by Crippen LogP contribution is -2.16. The molecular formula is C11H15N7OS. The Balaban J connectivity index is 2.05. The molecule has 0 aliphatic rings. The van der Waals surface area contributed by atoms with Gasteiger partial charge in [0.25, 0.3) is 5.91 Å². The number of aromatic nitrogens is 4. The summed E-state index contributed by atoms with van der Waals surface area (Å²) in [6, 6.07) is 0. The van der Waals surface area contributed by atoms with Gasteiger partial charge in [0.2, 0.25) is 5.13 Å². The highest BCUT2D eigenvalue weighted by Crippen LogP contribution is 2.18. The highest BCUT2D eigenvalue weighted by atomic mass is 32.1. The molecule has 106 valence electrons. The van der Waals surface area contributed by atoms with Crippen LogP contribution in [-0.4, -0.2) is 26.1 Å². The molecule has 0 bridgehead atoms. The van der Waals surface area contributed by atoms with Crippen molar-refractivity contribution in [1.29, 1.82) is 0 Å². The molecule has 4 N–H and O–H groups in total. The van der Waals surface area contributed by atoms with Gasteiger partial charge >= 0.3 is 0 Å². The molecule has 9 heteroatoms. The topological polar surface area (TPSA) is 119 Å². The Labute approximate surface area is 119 Å². The fourth-order valence-corrected chi connectivity index (χ4v) is 2.39. The fourth-order valence-electron chi connectivity index (χ4n) is 1.44. The van der Waals surface area contributed by atoms with Gasteiger partial charge in [-0.3, -0.25) is 15.1 Å². The van der Waals surface area contributed by atoms with E-state index in [4.69, 9.17) is 5.84 Å². The van der Waals surface area contributed by atoms with E-state index in [-0.39, 0.29) is 5.69 Å². The largest absolute Gasteiger partial charge is 0.307 e. The number of rotatable bonds is 5. The number of anilines is 2. The summed E-state index contributed by atoms with van der Waals surface area (Å²) in [5, 5.41) is 11.9. The molecule has 0 saturated carbocycles. The lowest BCUT2D eigenvalue weighted by Gasteiger charge is -2.02. The van der Waals surface area contributed by atoms with Crippen LogP contribution in [-0.2, 0) is 6.42 Å². The maximum absolute atomic E-state index is 12.0. The van der Waals surface area contributed by atoms with Gasteiger partial charge in [0.15, 0.2) is 5.82 Å². The van der Waals surface area contributed by atoms with Crippen LogP contribution in [0.15, 0.2) is 12.4 Å². The van der Waals surface area contributed by atoms with Gasteiger partial charge in [-0.05, 0) is 5.92 Å². The van der Waals surface area contributed by atoms with E-state index >= 15 is 0 Å². The van der Waals surface area contributed by atoms with Crippen molar-refractivity contribution < 1.29 is 4.79 Å². The van der Waals surface area contributed by atoms with E-state index in [9.17, 15) is 4.79 Å². The Morgan fingerprint density at radius 3 is 2.90 bits per heavy atom. The molecule has 0 saturated heterocycles. The molecule has 2 aromatic rings. The molecule has 0 atom stereocenters. The molecule has 20 heavy (non-hydrogen) atoms. The van der Waals surface area contributed by atoms with Crippen LogP contribution in [0.3, 0.4) is 0 Å².